The quantitative estimate of drug-likeness (QED) is 0.878. The molecule has 5 nitrogen and oxygen atoms in total. The lowest BCUT2D eigenvalue weighted by Gasteiger charge is -2.16. The lowest BCUT2D eigenvalue weighted by atomic mass is 10.1. The lowest BCUT2D eigenvalue weighted by molar-refractivity contribution is 0.171. The highest BCUT2D eigenvalue weighted by Crippen LogP contribution is 2.41. The van der Waals surface area contributed by atoms with Gasteiger partial charge in [-0.2, -0.15) is 0 Å². The number of fused-ring (bicyclic) bond motifs is 1. The zero-order valence-corrected chi connectivity index (χ0v) is 13.9. The van der Waals surface area contributed by atoms with Crippen molar-refractivity contribution in [1.29, 1.82) is 0 Å². The molecule has 24 heavy (non-hydrogen) atoms. The van der Waals surface area contributed by atoms with E-state index in [4.69, 9.17) is 18.9 Å². The normalized spacial score (nSPS) is 13.7. The van der Waals surface area contributed by atoms with Gasteiger partial charge < -0.3 is 24.3 Å². The van der Waals surface area contributed by atoms with Crippen LogP contribution in [0, 0.1) is 5.82 Å². The molecule has 2 aromatic rings. The Bertz CT molecular complexity index is 735. The molecule has 0 aromatic heterocycles. The van der Waals surface area contributed by atoms with Gasteiger partial charge in [-0.25, -0.2) is 4.39 Å². The van der Waals surface area contributed by atoms with Crippen molar-refractivity contribution in [1.82, 2.24) is 5.32 Å². The molecular weight excluding hydrogens is 313 g/mol. The van der Waals surface area contributed by atoms with Crippen LogP contribution in [0.2, 0.25) is 0 Å². The third-order valence-electron chi connectivity index (χ3n) is 4.01. The first-order chi connectivity index (χ1) is 11.6. The summed E-state index contributed by atoms with van der Waals surface area (Å²) in [6.07, 6.45) is 0. The topological polar surface area (TPSA) is 49.0 Å². The molecule has 0 amide bonds. The Kier molecular flexibility index (Phi) is 4.76. The summed E-state index contributed by atoms with van der Waals surface area (Å²) in [6.45, 7) is 2.76. The summed E-state index contributed by atoms with van der Waals surface area (Å²) >= 11 is 0. The molecule has 0 aliphatic carbocycles. The minimum absolute atomic E-state index is 0.0261. The number of methoxy groups -OCH3 is 2. The number of halogens is 1. The van der Waals surface area contributed by atoms with E-state index >= 15 is 0 Å². The predicted octanol–water partition coefficient (Wildman–Crippen LogP) is 3.42. The van der Waals surface area contributed by atoms with Crippen LogP contribution in [0.5, 0.6) is 23.0 Å². The molecule has 6 heteroatoms. The summed E-state index contributed by atoms with van der Waals surface area (Å²) in [5.41, 5.74) is 1.85. The first kappa shape index (κ1) is 16.4. The molecule has 1 aliphatic rings. The summed E-state index contributed by atoms with van der Waals surface area (Å²) in [5, 5.41) is 3.36. The highest BCUT2D eigenvalue weighted by atomic mass is 19.1. The molecule has 128 valence electrons. The van der Waals surface area contributed by atoms with Crippen molar-refractivity contribution < 1.29 is 23.3 Å². The molecule has 1 aliphatic heterocycles. The Balaban J connectivity index is 1.70. The fraction of sp³-hybridized carbons (Fsp3) is 0.333. The summed E-state index contributed by atoms with van der Waals surface area (Å²) in [7, 11) is 3.05. The number of rotatable bonds is 6. The average Bonchev–Trinajstić information content (AvgIpc) is 3.07. The maximum absolute atomic E-state index is 13.8. The van der Waals surface area contributed by atoms with E-state index in [-0.39, 0.29) is 24.4 Å². The standard InChI is InChI=1S/C18H20FNO4/c1-11(13-4-5-15(21-2)14(19)8-13)20-9-12-6-16(22-3)18-17(7-12)23-10-24-18/h4-8,11,20H,9-10H2,1-3H3. The second-order valence-electron chi connectivity index (χ2n) is 5.53. The first-order valence-corrected chi connectivity index (χ1v) is 7.65. The monoisotopic (exact) mass is 333 g/mol. The van der Waals surface area contributed by atoms with Crippen LogP contribution in [0.25, 0.3) is 0 Å². The smallest absolute Gasteiger partial charge is 0.231 e. The van der Waals surface area contributed by atoms with Crippen LogP contribution in [0.1, 0.15) is 24.1 Å². The fourth-order valence-electron chi connectivity index (χ4n) is 2.63. The zero-order chi connectivity index (χ0) is 17.1. The van der Waals surface area contributed by atoms with Crippen LogP contribution in [0.3, 0.4) is 0 Å². The predicted molar refractivity (Wildman–Crippen MR) is 87.3 cm³/mol. The second kappa shape index (κ2) is 6.97. The van der Waals surface area contributed by atoms with Crippen molar-refractivity contribution in [3.8, 4) is 23.0 Å². The lowest BCUT2D eigenvalue weighted by Crippen LogP contribution is -2.18. The van der Waals surface area contributed by atoms with Crippen molar-refractivity contribution in [2.75, 3.05) is 21.0 Å². The minimum Gasteiger partial charge on any atom is -0.494 e. The van der Waals surface area contributed by atoms with Crippen LogP contribution in [0.4, 0.5) is 4.39 Å². The maximum atomic E-state index is 13.8. The summed E-state index contributed by atoms with van der Waals surface area (Å²) in [5.74, 6) is 1.82. The van der Waals surface area contributed by atoms with Gasteiger partial charge in [0.15, 0.2) is 23.1 Å². The van der Waals surface area contributed by atoms with E-state index in [0.29, 0.717) is 23.8 Å². The van der Waals surface area contributed by atoms with Crippen LogP contribution in [-0.2, 0) is 6.54 Å². The van der Waals surface area contributed by atoms with E-state index in [0.717, 1.165) is 11.1 Å². The van der Waals surface area contributed by atoms with Crippen LogP contribution in [-0.4, -0.2) is 21.0 Å². The third-order valence-corrected chi connectivity index (χ3v) is 4.01. The Labute approximate surface area is 140 Å². The molecule has 0 bridgehead atoms. The number of ether oxygens (including phenoxy) is 4. The average molecular weight is 333 g/mol. The molecule has 0 spiro atoms. The Hall–Kier alpha value is -2.47. The van der Waals surface area contributed by atoms with Gasteiger partial charge >= 0.3 is 0 Å². The molecule has 1 unspecified atom stereocenters. The minimum atomic E-state index is -0.367. The number of hydrogen-bond acceptors (Lipinski definition) is 5. The van der Waals surface area contributed by atoms with E-state index in [2.05, 4.69) is 5.32 Å². The summed E-state index contributed by atoms with van der Waals surface area (Å²) in [4.78, 5) is 0. The molecule has 1 N–H and O–H groups in total. The van der Waals surface area contributed by atoms with E-state index in [1.807, 2.05) is 25.1 Å². The van der Waals surface area contributed by atoms with Crippen molar-refractivity contribution in [3.05, 3.63) is 47.3 Å². The number of hydrogen-bond donors (Lipinski definition) is 1. The molecule has 0 saturated heterocycles. The third kappa shape index (κ3) is 3.23. The van der Waals surface area contributed by atoms with Gasteiger partial charge in [0.1, 0.15) is 0 Å². The van der Waals surface area contributed by atoms with Crippen molar-refractivity contribution in [3.63, 3.8) is 0 Å². The highest BCUT2D eigenvalue weighted by Gasteiger charge is 2.20. The van der Waals surface area contributed by atoms with E-state index < -0.39 is 0 Å². The van der Waals surface area contributed by atoms with Crippen molar-refractivity contribution in [2.24, 2.45) is 0 Å². The molecule has 2 aromatic carbocycles. The highest BCUT2D eigenvalue weighted by molar-refractivity contribution is 5.55. The SMILES string of the molecule is COc1ccc(C(C)NCc2cc(OC)c3c(c2)OCO3)cc1F. The molecular formula is C18H20FNO4. The van der Waals surface area contributed by atoms with Crippen LogP contribution < -0.4 is 24.3 Å². The van der Waals surface area contributed by atoms with Crippen molar-refractivity contribution >= 4 is 0 Å². The largest absolute Gasteiger partial charge is 0.494 e. The van der Waals surface area contributed by atoms with Gasteiger partial charge in [-0.05, 0) is 42.3 Å². The van der Waals surface area contributed by atoms with E-state index in [9.17, 15) is 4.39 Å². The van der Waals surface area contributed by atoms with Crippen LogP contribution >= 0.6 is 0 Å². The fourth-order valence-corrected chi connectivity index (χ4v) is 2.63. The van der Waals surface area contributed by atoms with Gasteiger partial charge in [0.2, 0.25) is 12.5 Å². The van der Waals surface area contributed by atoms with Gasteiger partial charge in [0.05, 0.1) is 14.2 Å². The summed E-state index contributed by atoms with van der Waals surface area (Å²) < 4.78 is 34.9. The van der Waals surface area contributed by atoms with Gasteiger partial charge in [0, 0.05) is 12.6 Å². The van der Waals surface area contributed by atoms with Crippen LogP contribution in [0.15, 0.2) is 30.3 Å². The molecule has 0 radical (unpaired) electrons. The molecule has 3 rings (SSSR count). The van der Waals surface area contributed by atoms with Gasteiger partial charge in [-0.3, -0.25) is 0 Å². The number of nitrogens with one attached hydrogen (secondary N) is 1. The van der Waals surface area contributed by atoms with Gasteiger partial charge in [-0.15, -0.1) is 0 Å². The molecule has 0 saturated carbocycles. The van der Waals surface area contributed by atoms with Crippen molar-refractivity contribution in [2.45, 2.75) is 19.5 Å². The van der Waals surface area contributed by atoms with Gasteiger partial charge in [-0.1, -0.05) is 6.07 Å². The Morgan fingerprint density at radius 3 is 2.62 bits per heavy atom. The van der Waals surface area contributed by atoms with Gasteiger partial charge in [0.25, 0.3) is 0 Å². The molecule has 0 fully saturated rings. The Morgan fingerprint density at radius 2 is 1.92 bits per heavy atom. The second-order valence-corrected chi connectivity index (χ2v) is 5.53. The summed E-state index contributed by atoms with van der Waals surface area (Å²) in [6, 6.07) is 8.76. The van der Waals surface area contributed by atoms with E-state index in [1.54, 1.807) is 13.2 Å². The first-order valence-electron chi connectivity index (χ1n) is 7.65. The van der Waals surface area contributed by atoms with E-state index in [1.165, 1.54) is 13.2 Å². The molecule has 1 heterocycles. The maximum Gasteiger partial charge on any atom is 0.231 e. The Morgan fingerprint density at radius 1 is 1.12 bits per heavy atom. The molecule has 1 atom stereocenters. The number of benzene rings is 2. The zero-order valence-electron chi connectivity index (χ0n) is 13.9.